The van der Waals surface area contributed by atoms with Gasteiger partial charge in [0.1, 0.15) is 9.52 Å². The fourth-order valence-electron chi connectivity index (χ4n) is 5.24. The Labute approximate surface area is 224 Å². The number of hydrogen-bond donors (Lipinski definition) is 0. The molecule has 2 atom stereocenters. The molecule has 4 heteroatoms. The van der Waals surface area contributed by atoms with E-state index in [1.807, 2.05) is 0 Å². The molecule has 0 fully saturated rings. The Morgan fingerprint density at radius 1 is 0.727 bits per heavy atom. The van der Waals surface area contributed by atoms with E-state index in [1.54, 1.807) is 0 Å². The summed E-state index contributed by atoms with van der Waals surface area (Å²) >= 11 is 15.2. The van der Waals surface area contributed by atoms with Crippen LogP contribution in [0.4, 0.5) is 0 Å². The summed E-state index contributed by atoms with van der Waals surface area (Å²) in [5.41, 5.74) is 12.6. The number of aryl methyl sites for hydroxylation is 2. The molecule has 0 N–H and O–H groups in total. The van der Waals surface area contributed by atoms with Crippen LogP contribution >= 0.6 is 23.2 Å². The van der Waals surface area contributed by atoms with Gasteiger partial charge in [0.15, 0.2) is 0 Å². The first-order chi connectivity index (χ1) is 15.3. The van der Waals surface area contributed by atoms with E-state index in [-0.39, 0.29) is 31.2 Å². The first-order valence-corrected chi connectivity index (χ1v) is 12.8. The van der Waals surface area contributed by atoms with Crippen molar-refractivity contribution in [3.8, 4) is 0 Å². The summed E-state index contributed by atoms with van der Waals surface area (Å²) in [6.07, 6.45) is 3.13. The average Bonchev–Trinajstić information content (AvgIpc) is 3.14. The van der Waals surface area contributed by atoms with Crippen molar-refractivity contribution in [1.82, 2.24) is 0 Å². The minimum atomic E-state index is -0.617. The molecule has 2 aliphatic carbocycles. The normalized spacial score (nSPS) is 23.2. The first-order valence-electron chi connectivity index (χ1n) is 11.1. The second-order valence-corrected chi connectivity index (χ2v) is 12.6. The third-order valence-corrected chi connectivity index (χ3v) is 10.6. The van der Waals surface area contributed by atoms with Gasteiger partial charge in [-0.2, -0.15) is 0 Å². The number of hydrogen-bond acceptors (Lipinski definition) is 0. The molecule has 2 aliphatic rings. The quantitative estimate of drug-likeness (QED) is 0.242. The topological polar surface area (TPSA) is 0 Å². The summed E-state index contributed by atoms with van der Waals surface area (Å²) < 4.78 is -1.21. The largest absolute Gasteiger partial charge is 0.118 e. The van der Waals surface area contributed by atoms with Crippen molar-refractivity contribution in [2.24, 2.45) is 0 Å². The molecule has 3 aromatic carbocycles. The van der Waals surface area contributed by atoms with Crippen molar-refractivity contribution in [3.63, 3.8) is 0 Å². The van der Waals surface area contributed by atoms with Crippen LogP contribution in [0.25, 0.3) is 11.6 Å². The van der Waals surface area contributed by atoms with E-state index in [4.69, 9.17) is 23.2 Å². The summed E-state index contributed by atoms with van der Waals surface area (Å²) in [5, 5.41) is 0. The van der Waals surface area contributed by atoms with Crippen LogP contribution in [0.3, 0.4) is 0 Å². The van der Waals surface area contributed by atoms with Gasteiger partial charge >= 0.3 is 0 Å². The summed E-state index contributed by atoms with van der Waals surface area (Å²) in [4.78, 5) is 0. The second-order valence-electron chi connectivity index (χ2n) is 9.07. The molecule has 3 aromatic rings. The maximum absolute atomic E-state index is 7.67. The fraction of sp³-hybridized carbons (Fsp3) is 0.241. The van der Waals surface area contributed by atoms with Crippen molar-refractivity contribution in [3.05, 3.63) is 117 Å². The standard InChI is InChI=1S/C29H26Cl2Si.Ti/c1-18-10-8-14-25-23(18)16-20(3)28(25,30)32-29(31)21(4)24(17-22-12-6-5-7-13-22)27-19(2)11-9-15-26(27)29;/h5-16H,17H2,1-4H3;. The zero-order chi connectivity index (χ0) is 22.7. The molecular weight excluding hydrogens is 495 g/mol. The predicted octanol–water partition coefficient (Wildman–Crippen LogP) is 7.94. The number of alkyl halides is 2. The summed E-state index contributed by atoms with van der Waals surface area (Å²) in [5.74, 6) is 0. The molecule has 0 nitrogen and oxygen atoms in total. The van der Waals surface area contributed by atoms with Gasteiger partial charge in [0.25, 0.3) is 0 Å². The Kier molecular flexibility index (Phi) is 6.77. The van der Waals surface area contributed by atoms with Crippen LogP contribution in [0.15, 0.2) is 77.9 Å². The zero-order valence-electron chi connectivity index (χ0n) is 19.4. The molecule has 0 spiro atoms. The second kappa shape index (κ2) is 9.02. The molecule has 0 bridgehead atoms. The van der Waals surface area contributed by atoms with E-state index in [0.29, 0.717) is 0 Å². The maximum atomic E-state index is 7.67. The molecule has 33 heavy (non-hydrogen) atoms. The van der Waals surface area contributed by atoms with Crippen molar-refractivity contribution >= 4 is 44.4 Å². The van der Waals surface area contributed by atoms with Crippen LogP contribution in [0.2, 0.25) is 0 Å². The van der Waals surface area contributed by atoms with Crippen molar-refractivity contribution in [1.29, 1.82) is 0 Å². The Hall–Kier alpha value is -1.35. The third-order valence-electron chi connectivity index (χ3n) is 7.08. The van der Waals surface area contributed by atoms with Crippen LogP contribution in [0.1, 0.15) is 52.8 Å². The SMILES string of the molecule is CC1=Cc2c(C)cccc2C1(Cl)[Si]C1(Cl)C(C)=C(Cc2ccccc2)c2c(C)cccc21.[Ti]. The van der Waals surface area contributed by atoms with Gasteiger partial charge in [-0.25, -0.2) is 0 Å². The minimum absolute atomic E-state index is 0. The van der Waals surface area contributed by atoms with Gasteiger partial charge in [0.05, 0.1) is 8.99 Å². The zero-order valence-corrected chi connectivity index (χ0v) is 23.5. The molecule has 0 saturated carbocycles. The Morgan fingerprint density at radius 3 is 2.06 bits per heavy atom. The summed E-state index contributed by atoms with van der Waals surface area (Å²) in [7, 11) is 0.284. The minimum Gasteiger partial charge on any atom is -0.114 e. The van der Waals surface area contributed by atoms with E-state index < -0.39 is 8.99 Å². The van der Waals surface area contributed by atoms with E-state index in [9.17, 15) is 0 Å². The molecule has 164 valence electrons. The van der Waals surface area contributed by atoms with Gasteiger partial charge < -0.3 is 0 Å². The molecule has 0 aliphatic heterocycles. The van der Waals surface area contributed by atoms with Crippen LogP contribution in [-0.4, -0.2) is 9.52 Å². The maximum Gasteiger partial charge on any atom is 0.118 e. The average molecular weight is 521 g/mol. The van der Waals surface area contributed by atoms with E-state index in [2.05, 4.69) is 101 Å². The molecule has 0 amide bonds. The van der Waals surface area contributed by atoms with E-state index in [1.165, 1.54) is 55.7 Å². The Bertz CT molecular complexity index is 1290. The van der Waals surface area contributed by atoms with Crippen LogP contribution in [0, 0.1) is 13.8 Å². The van der Waals surface area contributed by atoms with Gasteiger partial charge in [-0.3, -0.25) is 0 Å². The predicted molar refractivity (Wildman–Crippen MR) is 140 cm³/mol. The van der Waals surface area contributed by atoms with E-state index >= 15 is 0 Å². The molecule has 2 unspecified atom stereocenters. The van der Waals surface area contributed by atoms with Crippen molar-refractivity contribution in [2.75, 3.05) is 0 Å². The van der Waals surface area contributed by atoms with Crippen LogP contribution in [0.5, 0.6) is 0 Å². The Balaban J connectivity index is 0.00000259. The van der Waals surface area contributed by atoms with Gasteiger partial charge in [-0.05, 0) is 84.2 Å². The number of rotatable bonds is 4. The smallest absolute Gasteiger partial charge is 0.114 e. The molecule has 0 heterocycles. The van der Waals surface area contributed by atoms with Gasteiger partial charge in [-0.15, -0.1) is 23.2 Å². The molecular formula is C29H26Cl2SiTi. The van der Waals surface area contributed by atoms with Crippen LogP contribution in [-0.2, 0) is 37.1 Å². The Morgan fingerprint density at radius 2 is 1.36 bits per heavy atom. The van der Waals surface area contributed by atoms with Gasteiger partial charge in [-0.1, -0.05) is 78.4 Å². The first kappa shape index (κ1) is 24.8. The van der Waals surface area contributed by atoms with E-state index in [0.717, 1.165) is 6.42 Å². The molecule has 5 rings (SSSR count). The number of allylic oxidation sites excluding steroid dienone is 3. The van der Waals surface area contributed by atoms with Gasteiger partial charge in [0, 0.05) is 21.7 Å². The number of benzene rings is 3. The molecule has 0 saturated heterocycles. The van der Waals surface area contributed by atoms with Crippen molar-refractivity contribution in [2.45, 2.75) is 43.1 Å². The number of fused-ring (bicyclic) bond motifs is 2. The van der Waals surface area contributed by atoms with Crippen LogP contribution < -0.4 is 0 Å². The molecule has 2 radical (unpaired) electrons. The molecule has 0 aromatic heterocycles. The van der Waals surface area contributed by atoms with Crippen molar-refractivity contribution < 1.29 is 21.7 Å². The summed E-state index contributed by atoms with van der Waals surface area (Å²) in [6, 6.07) is 23.6. The third kappa shape index (κ3) is 3.87. The number of halogens is 2. The summed E-state index contributed by atoms with van der Waals surface area (Å²) in [6.45, 7) is 8.71. The fourth-order valence-corrected chi connectivity index (χ4v) is 8.50. The monoisotopic (exact) mass is 520 g/mol. The van der Waals surface area contributed by atoms with Gasteiger partial charge in [0.2, 0.25) is 0 Å².